The van der Waals surface area contributed by atoms with E-state index in [9.17, 15) is 14.7 Å². The van der Waals surface area contributed by atoms with Crippen molar-refractivity contribution < 1.29 is 28.9 Å². The highest BCUT2D eigenvalue weighted by molar-refractivity contribution is 6.10. The van der Waals surface area contributed by atoms with Crippen molar-refractivity contribution >= 4 is 28.5 Å². The molecule has 3 aromatic carbocycles. The Morgan fingerprint density at radius 1 is 1.11 bits per heavy atom. The molecular formula is C35H42N4O6. The van der Waals surface area contributed by atoms with Crippen LogP contribution in [0, 0.1) is 5.92 Å². The predicted molar refractivity (Wildman–Crippen MR) is 175 cm³/mol. The summed E-state index contributed by atoms with van der Waals surface area (Å²) in [6.07, 6.45) is -0.425. The zero-order valence-corrected chi connectivity index (χ0v) is 26.7. The first-order valence-electron chi connectivity index (χ1n) is 15.1. The fourth-order valence-electron chi connectivity index (χ4n) is 5.99. The summed E-state index contributed by atoms with van der Waals surface area (Å²) >= 11 is 0. The fraction of sp³-hybridized carbons (Fsp3) is 0.371. The number of urea groups is 1. The number of methoxy groups -OCH3 is 2. The van der Waals surface area contributed by atoms with E-state index < -0.39 is 12.1 Å². The molecule has 45 heavy (non-hydrogen) atoms. The number of rotatable bonds is 7. The molecule has 1 aliphatic rings. The molecule has 5 rings (SSSR count). The lowest BCUT2D eigenvalue weighted by molar-refractivity contribution is -0.0179. The minimum absolute atomic E-state index is 0.162. The average Bonchev–Trinajstić information content (AvgIpc) is 3.35. The first kappa shape index (κ1) is 31.9. The molecule has 4 aromatic rings. The topological polar surface area (TPSA) is 106 Å². The summed E-state index contributed by atoms with van der Waals surface area (Å²) in [5.74, 6) is 0.748. The Morgan fingerprint density at radius 3 is 2.58 bits per heavy atom. The van der Waals surface area contributed by atoms with Gasteiger partial charge in [-0.3, -0.25) is 4.79 Å². The number of nitrogens with zero attached hydrogens (tertiary/aromatic N) is 3. The molecule has 0 aliphatic carbocycles. The van der Waals surface area contributed by atoms with Crippen LogP contribution in [-0.4, -0.2) is 84.5 Å². The van der Waals surface area contributed by atoms with Gasteiger partial charge in [0.15, 0.2) is 0 Å². The fourth-order valence-corrected chi connectivity index (χ4v) is 5.99. The first-order valence-corrected chi connectivity index (χ1v) is 15.1. The largest absolute Gasteiger partial charge is 0.497 e. The second kappa shape index (κ2) is 13.6. The molecule has 0 bridgehead atoms. The molecule has 0 saturated carbocycles. The van der Waals surface area contributed by atoms with Gasteiger partial charge in [-0.2, -0.15) is 0 Å². The van der Waals surface area contributed by atoms with E-state index in [0.717, 1.165) is 27.6 Å². The van der Waals surface area contributed by atoms with Crippen LogP contribution in [-0.2, 0) is 18.4 Å². The number of fused-ring (bicyclic) bond motifs is 5. The molecule has 238 valence electrons. The number of ether oxygens (including phenoxy) is 3. The van der Waals surface area contributed by atoms with Crippen molar-refractivity contribution in [3.05, 3.63) is 78.0 Å². The van der Waals surface area contributed by atoms with Crippen LogP contribution in [0.15, 0.2) is 66.7 Å². The standard InChI is InChI=1S/C35H42N4O6/c1-22-18-39(23(2)20-40)34(41)33-32(27-13-9-10-14-29(27)38(33)4)26-12-8-7-11-24(26)21-45-31(22)19-37(3)35(42)36-28-16-15-25(43-5)17-30(28)44-6/h7-17,22-23,31,40H,18-21H2,1-6H3,(H,36,42)/t22-,23-,31-/m0/s1. The Hall–Kier alpha value is -4.54. The predicted octanol–water partition coefficient (Wildman–Crippen LogP) is 5.38. The Labute approximate surface area is 264 Å². The van der Waals surface area contributed by atoms with Crippen LogP contribution < -0.4 is 14.8 Å². The Bertz CT molecular complexity index is 1680. The lowest BCUT2D eigenvalue weighted by Gasteiger charge is -2.35. The number of carbonyl (C=O) groups is 2. The van der Waals surface area contributed by atoms with E-state index in [1.54, 1.807) is 42.2 Å². The second-order valence-corrected chi connectivity index (χ2v) is 11.6. The minimum atomic E-state index is -0.439. The van der Waals surface area contributed by atoms with Gasteiger partial charge in [0, 0.05) is 55.6 Å². The van der Waals surface area contributed by atoms with Gasteiger partial charge in [-0.25, -0.2) is 4.79 Å². The van der Waals surface area contributed by atoms with Crippen molar-refractivity contribution in [1.82, 2.24) is 14.4 Å². The number of hydrogen-bond acceptors (Lipinski definition) is 6. The van der Waals surface area contributed by atoms with Crippen molar-refractivity contribution in [3.8, 4) is 22.6 Å². The van der Waals surface area contributed by atoms with E-state index >= 15 is 0 Å². The van der Waals surface area contributed by atoms with Gasteiger partial charge in [0.25, 0.3) is 5.91 Å². The van der Waals surface area contributed by atoms with Crippen LogP contribution >= 0.6 is 0 Å². The van der Waals surface area contributed by atoms with Crippen LogP contribution in [0.3, 0.4) is 0 Å². The molecule has 3 amide bonds. The summed E-state index contributed by atoms with van der Waals surface area (Å²) in [7, 11) is 6.73. The molecular weight excluding hydrogens is 572 g/mol. The van der Waals surface area contributed by atoms with Crippen molar-refractivity contribution in [2.45, 2.75) is 32.6 Å². The van der Waals surface area contributed by atoms with E-state index in [0.29, 0.717) is 36.0 Å². The van der Waals surface area contributed by atoms with E-state index in [1.165, 1.54) is 7.11 Å². The molecule has 10 heteroatoms. The molecule has 0 radical (unpaired) electrons. The lowest BCUT2D eigenvalue weighted by Crippen LogP contribution is -2.48. The van der Waals surface area contributed by atoms with Crippen molar-refractivity contribution in [2.75, 3.05) is 46.3 Å². The number of likely N-dealkylation sites (N-methyl/N-ethyl adjacent to an activating group) is 1. The quantitative estimate of drug-likeness (QED) is 0.290. The van der Waals surface area contributed by atoms with Gasteiger partial charge in [-0.1, -0.05) is 49.4 Å². The number of para-hydroxylation sites is 1. The van der Waals surface area contributed by atoms with Crippen molar-refractivity contribution in [3.63, 3.8) is 0 Å². The maximum Gasteiger partial charge on any atom is 0.321 e. The summed E-state index contributed by atoms with van der Waals surface area (Å²) in [5, 5.41) is 14.1. The van der Waals surface area contributed by atoms with Gasteiger partial charge >= 0.3 is 6.03 Å². The van der Waals surface area contributed by atoms with Crippen molar-refractivity contribution in [1.29, 1.82) is 0 Å². The molecule has 0 spiro atoms. The average molecular weight is 615 g/mol. The summed E-state index contributed by atoms with van der Waals surface area (Å²) in [5.41, 5.74) is 4.74. The van der Waals surface area contributed by atoms with E-state index in [1.807, 2.05) is 74.0 Å². The summed E-state index contributed by atoms with van der Waals surface area (Å²) in [6.45, 7) is 4.55. The molecule has 10 nitrogen and oxygen atoms in total. The Morgan fingerprint density at radius 2 is 1.84 bits per heavy atom. The number of aliphatic hydroxyl groups excluding tert-OH is 1. The number of benzene rings is 3. The normalized spacial score (nSPS) is 17.6. The van der Waals surface area contributed by atoms with E-state index in [4.69, 9.17) is 14.2 Å². The van der Waals surface area contributed by atoms with Gasteiger partial charge in [0.2, 0.25) is 0 Å². The SMILES string of the molecule is COc1ccc(NC(=O)N(C)C[C@@H]2OCc3ccccc3-c3c(n(C)c4ccccc34)C(=O)N([C@@H](C)CO)C[C@@H]2C)c(OC)c1. The maximum atomic E-state index is 14.5. The van der Waals surface area contributed by atoms with E-state index in [2.05, 4.69) is 5.32 Å². The number of aryl methyl sites for hydroxylation is 1. The zero-order chi connectivity index (χ0) is 32.2. The minimum Gasteiger partial charge on any atom is -0.497 e. The third-order valence-corrected chi connectivity index (χ3v) is 8.68. The highest BCUT2D eigenvalue weighted by atomic mass is 16.5. The Balaban J connectivity index is 1.50. The van der Waals surface area contributed by atoms with E-state index in [-0.39, 0.29) is 31.0 Å². The van der Waals surface area contributed by atoms with Gasteiger partial charge in [-0.15, -0.1) is 0 Å². The number of carbonyl (C=O) groups excluding carboxylic acids is 2. The molecule has 0 unspecified atom stereocenters. The third kappa shape index (κ3) is 6.34. The number of hydrogen-bond donors (Lipinski definition) is 2. The summed E-state index contributed by atoms with van der Waals surface area (Å²) < 4.78 is 19.3. The number of nitrogens with one attached hydrogen (secondary N) is 1. The highest BCUT2D eigenvalue weighted by Crippen LogP contribution is 2.38. The van der Waals surface area contributed by atoms with Gasteiger partial charge in [0.1, 0.15) is 17.2 Å². The number of aromatic nitrogens is 1. The van der Waals surface area contributed by atoms with Crippen LogP contribution in [0.1, 0.15) is 29.9 Å². The van der Waals surface area contributed by atoms with Crippen LogP contribution in [0.5, 0.6) is 11.5 Å². The molecule has 2 N–H and O–H groups in total. The lowest BCUT2D eigenvalue weighted by atomic mass is 9.96. The zero-order valence-electron chi connectivity index (χ0n) is 26.7. The van der Waals surface area contributed by atoms with Crippen LogP contribution in [0.2, 0.25) is 0 Å². The van der Waals surface area contributed by atoms with Crippen LogP contribution in [0.4, 0.5) is 10.5 Å². The highest BCUT2D eigenvalue weighted by Gasteiger charge is 2.34. The number of amides is 3. The molecule has 1 aromatic heterocycles. The first-order chi connectivity index (χ1) is 21.7. The molecule has 3 atom stereocenters. The summed E-state index contributed by atoms with van der Waals surface area (Å²) in [4.78, 5) is 31.2. The maximum absolute atomic E-state index is 14.5. The molecule has 1 aliphatic heterocycles. The number of aliphatic hydroxyl groups is 1. The van der Waals surface area contributed by atoms with Gasteiger partial charge in [0.05, 0.1) is 45.3 Å². The molecule has 2 heterocycles. The number of anilines is 1. The van der Waals surface area contributed by atoms with Crippen LogP contribution in [0.25, 0.3) is 22.0 Å². The summed E-state index contributed by atoms with van der Waals surface area (Å²) in [6, 6.07) is 20.4. The van der Waals surface area contributed by atoms with Gasteiger partial charge < -0.3 is 39.0 Å². The molecule has 0 fully saturated rings. The smallest absolute Gasteiger partial charge is 0.321 e. The monoisotopic (exact) mass is 614 g/mol. The molecule has 0 saturated heterocycles. The van der Waals surface area contributed by atoms with Crippen molar-refractivity contribution in [2.24, 2.45) is 13.0 Å². The van der Waals surface area contributed by atoms with Gasteiger partial charge in [-0.05, 0) is 36.2 Å². The second-order valence-electron chi connectivity index (χ2n) is 11.6. The third-order valence-electron chi connectivity index (χ3n) is 8.68. The Kier molecular flexibility index (Phi) is 9.65.